The average Bonchev–Trinajstić information content (AvgIpc) is 2.53. The van der Waals surface area contributed by atoms with Gasteiger partial charge in [0, 0.05) is 0 Å². The molecule has 2 aliphatic heterocycles. The number of nitrogens with zero attached hydrogens (tertiary/aromatic N) is 2. The number of hydrogen-bond donors (Lipinski definition) is 3. The van der Waals surface area contributed by atoms with E-state index >= 15 is 0 Å². The van der Waals surface area contributed by atoms with Crippen molar-refractivity contribution in [3.8, 4) is 0 Å². The van der Waals surface area contributed by atoms with Crippen molar-refractivity contribution in [3.05, 3.63) is 0 Å². The third-order valence-corrected chi connectivity index (χ3v) is 3.93. The molecule has 84 valence electrons. The van der Waals surface area contributed by atoms with Crippen LogP contribution in [0.3, 0.4) is 0 Å². The molecule has 6 nitrogen and oxygen atoms in total. The van der Waals surface area contributed by atoms with E-state index in [1.807, 2.05) is 7.05 Å². The van der Waals surface area contributed by atoms with Gasteiger partial charge in [0.2, 0.25) is 0 Å². The number of carbonyl (C=O) groups is 1. The second-order valence-corrected chi connectivity index (χ2v) is 5.21. The lowest BCUT2D eigenvalue weighted by Gasteiger charge is -2.25. The predicted octanol–water partition coefficient (Wildman–Crippen LogP) is -2.92. The minimum absolute atomic E-state index is 0.240. The van der Waals surface area contributed by atoms with E-state index in [0.717, 1.165) is 4.90 Å². The van der Waals surface area contributed by atoms with E-state index in [2.05, 4.69) is 4.99 Å². The van der Waals surface area contributed by atoms with Crippen molar-refractivity contribution in [2.45, 2.75) is 4.75 Å². The summed E-state index contributed by atoms with van der Waals surface area (Å²) in [6.45, 7) is 0.453. The van der Waals surface area contributed by atoms with Gasteiger partial charge in [0.25, 0.3) is 5.91 Å². The Morgan fingerprint density at radius 1 is 1.60 bits per heavy atom. The maximum absolute atomic E-state index is 12.0. The zero-order valence-corrected chi connectivity index (χ0v) is 9.25. The highest BCUT2D eigenvalue weighted by Crippen LogP contribution is 2.36. The molecule has 2 rings (SSSR count). The molecule has 1 atom stereocenters. The Bertz CT molecular complexity index is 316. The van der Waals surface area contributed by atoms with Crippen molar-refractivity contribution in [2.75, 3.05) is 33.6 Å². The molecule has 2 heterocycles. The molecule has 0 spiro atoms. The molecule has 0 aliphatic carbocycles. The van der Waals surface area contributed by atoms with Gasteiger partial charge in [0.05, 0.1) is 20.3 Å². The highest BCUT2D eigenvalue weighted by atomic mass is 32.2. The van der Waals surface area contributed by atoms with Gasteiger partial charge in [-0.2, -0.15) is 0 Å². The third kappa shape index (κ3) is 1.55. The Labute approximate surface area is 91.6 Å². The third-order valence-electron chi connectivity index (χ3n) is 2.58. The van der Waals surface area contributed by atoms with E-state index in [9.17, 15) is 15.0 Å². The second kappa shape index (κ2) is 3.75. The molecular weight excluding hydrogens is 218 g/mol. The molecular formula is C8H14N3O3S+. The van der Waals surface area contributed by atoms with Crippen molar-refractivity contribution >= 4 is 22.8 Å². The Kier molecular flexibility index (Phi) is 2.72. The summed E-state index contributed by atoms with van der Waals surface area (Å²) < 4.78 is -1.12. The SMILES string of the molecule is C[NH+]1CN=C2SC(CO)(CO)C(=O)N2C1. The normalized spacial score (nSPS) is 29.0. The molecule has 0 radical (unpaired) electrons. The van der Waals surface area contributed by atoms with Gasteiger partial charge < -0.3 is 15.1 Å². The monoisotopic (exact) mass is 232 g/mol. The van der Waals surface area contributed by atoms with Crippen LogP contribution in [0.25, 0.3) is 0 Å². The van der Waals surface area contributed by atoms with Crippen LogP contribution < -0.4 is 4.90 Å². The van der Waals surface area contributed by atoms with Gasteiger partial charge in [0.15, 0.2) is 18.5 Å². The van der Waals surface area contributed by atoms with E-state index in [1.54, 1.807) is 0 Å². The summed E-state index contributed by atoms with van der Waals surface area (Å²) in [6, 6.07) is 0. The number of hydrogen-bond acceptors (Lipinski definition) is 5. The van der Waals surface area contributed by atoms with Crippen molar-refractivity contribution < 1.29 is 19.9 Å². The smallest absolute Gasteiger partial charge is 0.254 e. The fourth-order valence-corrected chi connectivity index (χ4v) is 2.70. The van der Waals surface area contributed by atoms with Gasteiger partial charge in [-0.3, -0.25) is 4.79 Å². The van der Waals surface area contributed by atoms with Gasteiger partial charge in [-0.05, 0) is 0 Å². The Hall–Kier alpha value is -0.630. The number of thioether (sulfide) groups is 1. The second-order valence-electron chi connectivity index (χ2n) is 3.86. The Balaban J connectivity index is 2.29. The summed E-state index contributed by atoms with van der Waals surface area (Å²) in [5, 5.41) is 19.0. The maximum atomic E-state index is 12.0. The minimum Gasteiger partial charge on any atom is -0.394 e. The molecule has 2 aliphatic rings. The van der Waals surface area contributed by atoms with E-state index in [-0.39, 0.29) is 19.1 Å². The fourth-order valence-electron chi connectivity index (χ4n) is 1.64. The van der Waals surface area contributed by atoms with Crippen molar-refractivity contribution in [1.82, 2.24) is 4.90 Å². The maximum Gasteiger partial charge on any atom is 0.254 e. The molecule has 1 unspecified atom stereocenters. The summed E-state index contributed by atoms with van der Waals surface area (Å²) in [6.07, 6.45) is 0. The quantitative estimate of drug-likeness (QED) is 0.477. The van der Waals surface area contributed by atoms with Crippen LogP contribution in [0.15, 0.2) is 4.99 Å². The first-order valence-corrected chi connectivity index (χ1v) is 5.53. The van der Waals surface area contributed by atoms with Gasteiger partial charge in [-0.25, -0.2) is 9.89 Å². The average molecular weight is 232 g/mol. The molecule has 0 saturated carbocycles. The number of amides is 1. The van der Waals surface area contributed by atoms with Crippen LogP contribution in [0.2, 0.25) is 0 Å². The number of aliphatic hydroxyl groups is 2. The standard InChI is InChI=1S/C8H13N3O3S/c1-10-4-9-7-11(5-10)6(14)8(2-12,3-13)15-7/h12-13H,2-5H2,1H3/p+1. The highest BCUT2D eigenvalue weighted by molar-refractivity contribution is 8.16. The topological polar surface area (TPSA) is 77.6 Å². The minimum atomic E-state index is -1.12. The van der Waals surface area contributed by atoms with E-state index in [4.69, 9.17) is 0 Å². The van der Waals surface area contributed by atoms with Crippen LogP contribution in [0.5, 0.6) is 0 Å². The largest absolute Gasteiger partial charge is 0.394 e. The molecule has 3 N–H and O–H groups in total. The van der Waals surface area contributed by atoms with Crippen LogP contribution in [0.1, 0.15) is 0 Å². The lowest BCUT2D eigenvalue weighted by molar-refractivity contribution is -0.888. The van der Waals surface area contributed by atoms with E-state index in [1.165, 1.54) is 16.7 Å². The van der Waals surface area contributed by atoms with Crippen LogP contribution >= 0.6 is 11.8 Å². The number of aliphatic hydroxyl groups excluding tert-OH is 2. The number of carbonyl (C=O) groups excluding carboxylic acids is 1. The van der Waals surface area contributed by atoms with Crippen molar-refractivity contribution in [3.63, 3.8) is 0 Å². The summed E-state index contributed by atoms with van der Waals surface area (Å²) in [5.74, 6) is -0.240. The first kappa shape index (κ1) is 10.9. The Morgan fingerprint density at radius 3 is 2.87 bits per heavy atom. The number of amidine groups is 1. The lowest BCUT2D eigenvalue weighted by Crippen LogP contribution is -3.11. The number of fused-ring (bicyclic) bond motifs is 1. The van der Waals surface area contributed by atoms with Crippen LogP contribution in [-0.2, 0) is 4.79 Å². The lowest BCUT2D eigenvalue weighted by atomic mass is 10.1. The van der Waals surface area contributed by atoms with Gasteiger partial charge >= 0.3 is 0 Å². The molecule has 1 fully saturated rings. The molecule has 0 aromatic heterocycles. The number of aliphatic imine (C=N–C) groups is 1. The van der Waals surface area contributed by atoms with E-state index in [0.29, 0.717) is 18.5 Å². The van der Waals surface area contributed by atoms with Gasteiger partial charge in [-0.1, -0.05) is 11.8 Å². The number of nitrogens with one attached hydrogen (secondary N) is 1. The number of quaternary nitrogens is 1. The van der Waals surface area contributed by atoms with Gasteiger partial charge in [0.1, 0.15) is 4.75 Å². The molecule has 1 amide bonds. The summed E-state index contributed by atoms with van der Waals surface area (Å²) in [5.41, 5.74) is 0. The zero-order valence-electron chi connectivity index (χ0n) is 8.43. The molecule has 7 heteroatoms. The van der Waals surface area contributed by atoms with Crippen molar-refractivity contribution in [2.24, 2.45) is 4.99 Å². The van der Waals surface area contributed by atoms with Crippen LogP contribution in [0, 0.1) is 0 Å². The van der Waals surface area contributed by atoms with E-state index < -0.39 is 4.75 Å². The molecule has 1 saturated heterocycles. The summed E-state index contributed by atoms with van der Waals surface area (Å²) >= 11 is 1.17. The summed E-state index contributed by atoms with van der Waals surface area (Å²) in [7, 11) is 1.94. The zero-order chi connectivity index (χ0) is 11.1. The summed E-state index contributed by atoms with van der Waals surface area (Å²) in [4.78, 5) is 18.8. The van der Waals surface area contributed by atoms with Gasteiger partial charge in [-0.15, -0.1) is 0 Å². The van der Waals surface area contributed by atoms with Crippen LogP contribution in [-0.4, -0.2) is 64.5 Å². The molecule has 0 bridgehead atoms. The van der Waals surface area contributed by atoms with Crippen molar-refractivity contribution in [1.29, 1.82) is 0 Å². The molecule has 0 aromatic rings. The Morgan fingerprint density at radius 2 is 2.27 bits per heavy atom. The first-order chi connectivity index (χ1) is 7.13. The molecule has 0 aromatic carbocycles. The number of rotatable bonds is 2. The first-order valence-electron chi connectivity index (χ1n) is 4.71. The highest BCUT2D eigenvalue weighted by Gasteiger charge is 2.52. The van der Waals surface area contributed by atoms with Crippen LogP contribution in [0.4, 0.5) is 0 Å². The molecule has 15 heavy (non-hydrogen) atoms. The fraction of sp³-hybridized carbons (Fsp3) is 0.750. The predicted molar refractivity (Wildman–Crippen MR) is 55.4 cm³/mol.